The third kappa shape index (κ3) is 3.44. The predicted octanol–water partition coefficient (Wildman–Crippen LogP) is 1.25. The van der Waals surface area contributed by atoms with Crippen LogP contribution in [-0.4, -0.2) is 43.8 Å². The third-order valence-corrected chi connectivity index (χ3v) is 4.91. The van der Waals surface area contributed by atoms with Gasteiger partial charge in [0, 0.05) is 19.0 Å². The topological polar surface area (TPSA) is 76.7 Å². The summed E-state index contributed by atoms with van der Waals surface area (Å²) >= 11 is 0. The van der Waals surface area contributed by atoms with E-state index in [-0.39, 0.29) is 18.0 Å². The molecular formula is C18H24N2O4. The average molecular weight is 332 g/mol. The van der Waals surface area contributed by atoms with Crippen LogP contribution in [0.3, 0.4) is 0 Å². The highest BCUT2D eigenvalue weighted by atomic mass is 16.5. The van der Waals surface area contributed by atoms with Crippen molar-refractivity contribution in [2.75, 3.05) is 20.2 Å². The Morgan fingerprint density at radius 1 is 1.38 bits per heavy atom. The van der Waals surface area contributed by atoms with Crippen molar-refractivity contribution in [3.63, 3.8) is 0 Å². The number of methoxy groups -OCH3 is 1. The fourth-order valence-corrected chi connectivity index (χ4v) is 3.53. The zero-order chi connectivity index (χ0) is 17.2. The molecule has 130 valence electrons. The summed E-state index contributed by atoms with van der Waals surface area (Å²) in [5.41, 5.74) is 0.666. The lowest BCUT2D eigenvalue weighted by molar-refractivity contribution is -0.144. The van der Waals surface area contributed by atoms with Gasteiger partial charge in [0.15, 0.2) is 0 Å². The number of nitrogens with one attached hydrogen (secondary N) is 2. The Bertz CT molecular complexity index is 600. The fraction of sp³-hybridized carbons (Fsp3) is 0.556. The van der Waals surface area contributed by atoms with Gasteiger partial charge >= 0.3 is 5.97 Å². The third-order valence-electron chi connectivity index (χ3n) is 4.91. The molecule has 0 unspecified atom stereocenters. The Morgan fingerprint density at radius 2 is 2.12 bits per heavy atom. The van der Waals surface area contributed by atoms with Crippen molar-refractivity contribution in [3.05, 3.63) is 35.4 Å². The number of carbonyl (C=O) groups is 2. The van der Waals surface area contributed by atoms with Crippen molar-refractivity contribution in [3.8, 4) is 0 Å². The molecule has 6 nitrogen and oxygen atoms in total. The van der Waals surface area contributed by atoms with E-state index in [1.54, 1.807) is 12.1 Å². The van der Waals surface area contributed by atoms with Crippen LogP contribution in [-0.2, 0) is 20.8 Å². The molecule has 2 aliphatic heterocycles. The molecule has 24 heavy (non-hydrogen) atoms. The highest BCUT2D eigenvalue weighted by molar-refractivity contribution is 5.89. The Hall–Kier alpha value is -1.92. The number of hydrogen-bond acceptors (Lipinski definition) is 5. The minimum Gasteiger partial charge on any atom is -0.465 e. The maximum absolute atomic E-state index is 12.6. The normalized spacial score (nSPS) is 28.9. The lowest BCUT2D eigenvalue weighted by Crippen LogP contribution is -2.44. The van der Waals surface area contributed by atoms with E-state index >= 15 is 0 Å². The molecule has 0 bridgehead atoms. The summed E-state index contributed by atoms with van der Waals surface area (Å²) in [5, 5.41) is 6.31. The Labute approximate surface area is 141 Å². The average Bonchev–Trinajstić information content (AvgIpc) is 2.96. The van der Waals surface area contributed by atoms with Crippen LogP contribution in [0.5, 0.6) is 0 Å². The van der Waals surface area contributed by atoms with Crippen LogP contribution in [0.15, 0.2) is 24.3 Å². The van der Waals surface area contributed by atoms with Gasteiger partial charge in [0.1, 0.15) is 5.60 Å². The lowest BCUT2D eigenvalue weighted by Gasteiger charge is -2.25. The quantitative estimate of drug-likeness (QED) is 0.812. The molecule has 0 radical (unpaired) electrons. The van der Waals surface area contributed by atoms with E-state index in [2.05, 4.69) is 15.4 Å². The first-order valence-electron chi connectivity index (χ1n) is 8.36. The highest BCUT2D eigenvalue weighted by Crippen LogP contribution is 2.37. The summed E-state index contributed by atoms with van der Waals surface area (Å²) in [6.07, 6.45) is 1.89. The smallest absolute Gasteiger partial charge is 0.337 e. The van der Waals surface area contributed by atoms with Gasteiger partial charge in [0.05, 0.1) is 18.8 Å². The molecule has 0 aromatic heterocycles. The molecule has 1 aromatic rings. The van der Waals surface area contributed by atoms with Crippen molar-refractivity contribution in [2.24, 2.45) is 5.92 Å². The molecule has 2 fully saturated rings. The summed E-state index contributed by atoms with van der Waals surface area (Å²) in [4.78, 5) is 24.0. The summed E-state index contributed by atoms with van der Waals surface area (Å²) < 4.78 is 10.7. The monoisotopic (exact) mass is 332 g/mol. The number of esters is 1. The van der Waals surface area contributed by atoms with Gasteiger partial charge in [-0.15, -0.1) is 0 Å². The Morgan fingerprint density at radius 3 is 2.79 bits per heavy atom. The molecule has 0 aliphatic carbocycles. The van der Waals surface area contributed by atoms with Gasteiger partial charge < -0.3 is 20.1 Å². The van der Waals surface area contributed by atoms with Gasteiger partial charge in [-0.2, -0.15) is 0 Å². The molecule has 2 saturated heterocycles. The van der Waals surface area contributed by atoms with Crippen LogP contribution in [0.1, 0.15) is 35.7 Å². The Kier molecular flexibility index (Phi) is 4.87. The van der Waals surface area contributed by atoms with Gasteiger partial charge in [-0.05, 0) is 44.0 Å². The van der Waals surface area contributed by atoms with Crippen LogP contribution >= 0.6 is 0 Å². The first-order valence-corrected chi connectivity index (χ1v) is 8.36. The number of fused-ring (bicyclic) bond motifs is 1. The number of benzene rings is 1. The van der Waals surface area contributed by atoms with Crippen LogP contribution in [0.25, 0.3) is 0 Å². The Balaban J connectivity index is 1.56. The van der Waals surface area contributed by atoms with Gasteiger partial charge in [0.25, 0.3) is 5.91 Å². The maximum atomic E-state index is 12.6. The number of ether oxygens (including phenoxy) is 2. The molecule has 0 spiro atoms. The number of piperidine rings is 1. The fourth-order valence-electron chi connectivity index (χ4n) is 3.53. The molecular weight excluding hydrogens is 308 g/mol. The molecule has 2 N–H and O–H groups in total. The van der Waals surface area contributed by atoms with E-state index in [1.807, 2.05) is 19.1 Å². The SMILES string of the molecule is COC(=O)c1ccc(CNC(=O)[C@]2(C)C[C@H]3CNCC[C@H]3O2)cc1. The second kappa shape index (κ2) is 6.91. The van der Waals surface area contributed by atoms with Crippen LogP contribution in [0.4, 0.5) is 0 Å². The molecule has 1 aromatic carbocycles. The van der Waals surface area contributed by atoms with Gasteiger partial charge in [-0.1, -0.05) is 12.1 Å². The van der Waals surface area contributed by atoms with Crippen molar-refractivity contribution >= 4 is 11.9 Å². The van der Waals surface area contributed by atoms with E-state index in [4.69, 9.17) is 4.74 Å². The number of rotatable bonds is 4. The van der Waals surface area contributed by atoms with Crippen molar-refractivity contribution in [2.45, 2.75) is 38.0 Å². The minimum absolute atomic E-state index is 0.0751. The zero-order valence-corrected chi connectivity index (χ0v) is 14.1. The van der Waals surface area contributed by atoms with E-state index < -0.39 is 5.60 Å². The zero-order valence-electron chi connectivity index (χ0n) is 14.1. The van der Waals surface area contributed by atoms with Crippen LogP contribution in [0.2, 0.25) is 0 Å². The largest absolute Gasteiger partial charge is 0.465 e. The summed E-state index contributed by atoms with van der Waals surface area (Å²) in [5.74, 6) is -0.0311. The summed E-state index contributed by atoms with van der Waals surface area (Å²) in [6.45, 7) is 4.15. The second-order valence-electron chi connectivity index (χ2n) is 6.72. The van der Waals surface area contributed by atoms with Gasteiger partial charge in [-0.3, -0.25) is 4.79 Å². The number of amides is 1. The molecule has 2 aliphatic rings. The molecule has 0 saturated carbocycles. The van der Waals surface area contributed by atoms with E-state index in [0.29, 0.717) is 18.0 Å². The van der Waals surface area contributed by atoms with Gasteiger partial charge in [0.2, 0.25) is 0 Å². The van der Waals surface area contributed by atoms with E-state index in [0.717, 1.165) is 31.5 Å². The van der Waals surface area contributed by atoms with Crippen LogP contribution in [0, 0.1) is 5.92 Å². The maximum Gasteiger partial charge on any atom is 0.337 e. The summed E-state index contributed by atoms with van der Waals surface area (Å²) in [7, 11) is 1.35. The molecule has 3 atom stereocenters. The first kappa shape index (κ1) is 16.9. The number of hydrogen-bond donors (Lipinski definition) is 2. The molecule has 6 heteroatoms. The van der Waals surface area contributed by atoms with Gasteiger partial charge in [-0.25, -0.2) is 4.79 Å². The van der Waals surface area contributed by atoms with Crippen molar-refractivity contribution in [1.29, 1.82) is 0 Å². The lowest BCUT2D eigenvalue weighted by atomic mass is 9.89. The second-order valence-corrected chi connectivity index (χ2v) is 6.72. The predicted molar refractivity (Wildman–Crippen MR) is 88.5 cm³/mol. The first-order chi connectivity index (χ1) is 11.5. The van der Waals surface area contributed by atoms with Crippen molar-refractivity contribution in [1.82, 2.24) is 10.6 Å². The van der Waals surface area contributed by atoms with Crippen molar-refractivity contribution < 1.29 is 19.1 Å². The summed E-state index contributed by atoms with van der Waals surface area (Å²) in [6, 6.07) is 7.02. The molecule has 1 amide bonds. The van der Waals surface area contributed by atoms with E-state index in [1.165, 1.54) is 7.11 Å². The minimum atomic E-state index is -0.757. The molecule has 2 heterocycles. The van der Waals surface area contributed by atoms with E-state index in [9.17, 15) is 9.59 Å². The number of carbonyl (C=O) groups excluding carboxylic acids is 2. The highest BCUT2D eigenvalue weighted by Gasteiger charge is 2.48. The standard InChI is InChI=1S/C18H24N2O4/c1-18(9-14-11-19-8-7-15(14)24-18)17(22)20-10-12-3-5-13(6-4-12)16(21)23-2/h3-6,14-15,19H,7-11H2,1-2H3,(H,20,22)/t14-,15+,18-/m0/s1. The van der Waals surface area contributed by atoms with Crippen LogP contribution < -0.4 is 10.6 Å². The molecule has 3 rings (SSSR count).